The quantitative estimate of drug-likeness (QED) is 0.890. The monoisotopic (exact) mass is 237 g/mol. The minimum absolute atomic E-state index is 0.297. The Kier molecular flexibility index (Phi) is 3.03. The van der Waals surface area contributed by atoms with Crippen LogP contribution in [0.2, 0.25) is 0 Å². The van der Waals surface area contributed by atoms with Crippen molar-refractivity contribution in [2.24, 2.45) is 0 Å². The molecule has 2 aromatic rings. The number of benzene rings is 1. The average Bonchev–Trinajstić information content (AvgIpc) is 2.70. The second-order valence-corrected chi connectivity index (χ2v) is 4.86. The molecule has 1 heterocycles. The van der Waals surface area contributed by atoms with Crippen LogP contribution in [-0.4, -0.2) is 10.1 Å². The van der Waals surface area contributed by atoms with Gasteiger partial charge in [-0.15, -0.1) is 11.3 Å². The van der Waals surface area contributed by atoms with Crippen LogP contribution in [0.5, 0.6) is 0 Å². The third-order valence-electron chi connectivity index (χ3n) is 2.45. The molecule has 2 rings (SSSR count). The van der Waals surface area contributed by atoms with Crippen molar-refractivity contribution in [3.8, 4) is 0 Å². The molecule has 84 valence electrons. The first-order valence-electron chi connectivity index (χ1n) is 4.95. The minimum Gasteiger partial charge on any atom is -0.385 e. The lowest BCUT2D eigenvalue weighted by Gasteiger charge is -2.22. The van der Waals surface area contributed by atoms with Crippen LogP contribution in [0.25, 0.3) is 0 Å². The molecule has 0 aliphatic heterocycles. The fraction of sp³-hybridized carbons (Fsp3) is 0.250. The van der Waals surface area contributed by atoms with E-state index in [9.17, 15) is 9.50 Å². The Morgan fingerprint density at radius 2 is 2.06 bits per heavy atom. The number of aliphatic hydroxyl groups is 1. The van der Waals surface area contributed by atoms with Gasteiger partial charge in [-0.1, -0.05) is 12.1 Å². The SMILES string of the molecule is CC(O)(Cc1nccs1)c1ccc(F)cc1. The molecule has 0 aliphatic rings. The molecule has 1 unspecified atom stereocenters. The molecule has 1 N–H and O–H groups in total. The lowest BCUT2D eigenvalue weighted by atomic mass is 9.93. The fourth-order valence-corrected chi connectivity index (χ4v) is 2.31. The second kappa shape index (κ2) is 4.31. The lowest BCUT2D eigenvalue weighted by molar-refractivity contribution is 0.0575. The Hall–Kier alpha value is -1.26. The first-order chi connectivity index (χ1) is 7.58. The molecule has 0 amide bonds. The summed E-state index contributed by atoms with van der Waals surface area (Å²) in [6.45, 7) is 1.71. The lowest BCUT2D eigenvalue weighted by Crippen LogP contribution is -2.24. The Balaban J connectivity index is 2.21. The molecule has 0 aliphatic carbocycles. The maximum Gasteiger partial charge on any atom is 0.123 e. The van der Waals surface area contributed by atoms with Gasteiger partial charge in [-0.25, -0.2) is 9.37 Å². The van der Waals surface area contributed by atoms with Gasteiger partial charge in [-0.05, 0) is 24.6 Å². The standard InChI is InChI=1S/C12H12FNOS/c1-12(15,8-11-14-6-7-16-11)9-2-4-10(13)5-3-9/h2-7,15H,8H2,1H3. The molecule has 16 heavy (non-hydrogen) atoms. The van der Waals surface area contributed by atoms with E-state index in [0.29, 0.717) is 12.0 Å². The molecule has 2 nitrogen and oxygen atoms in total. The maximum atomic E-state index is 12.8. The highest BCUT2D eigenvalue weighted by Gasteiger charge is 2.24. The highest BCUT2D eigenvalue weighted by Crippen LogP contribution is 2.26. The number of nitrogens with zero attached hydrogens (tertiary/aromatic N) is 1. The molecule has 0 bridgehead atoms. The molecule has 1 atom stereocenters. The molecule has 1 aromatic heterocycles. The van der Waals surface area contributed by atoms with Crippen molar-refractivity contribution >= 4 is 11.3 Å². The van der Waals surface area contributed by atoms with Gasteiger partial charge in [0.2, 0.25) is 0 Å². The van der Waals surface area contributed by atoms with Crippen LogP contribution in [-0.2, 0) is 12.0 Å². The number of aromatic nitrogens is 1. The van der Waals surface area contributed by atoms with Crippen molar-refractivity contribution in [1.82, 2.24) is 4.98 Å². The zero-order valence-corrected chi connectivity index (χ0v) is 9.67. The smallest absolute Gasteiger partial charge is 0.123 e. The largest absolute Gasteiger partial charge is 0.385 e. The van der Waals surface area contributed by atoms with Crippen LogP contribution in [0, 0.1) is 5.82 Å². The van der Waals surface area contributed by atoms with Crippen molar-refractivity contribution in [2.75, 3.05) is 0 Å². The number of halogens is 1. The summed E-state index contributed by atoms with van der Waals surface area (Å²) in [6.07, 6.45) is 2.15. The van der Waals surface area contributed by atoms with Gasteiger partial charge in [0.25, 0.3) is 0 Å². The van der Waals surface area contributed by atoms with E-state index in [1.54, 1.807) is 25.3 Å². The van der Waals surface area contributed by atoms with E-state index in [0.717, 1.165) is 5.01 Å². The molecule has 0 saturated heterocycles. The van der Waals surface area contributed by atoms with E-state index in [-0.39, 0.29) is 5.82 Å². The average molecular weight is 237 g/mol. The third-order valence-corrected chi connectivity index (χ3v) is 3.22. The van der Waals surface area contributed by atoms with Gasteiger partial charge >= 0.3 is 0 Å². The van der Waals surface area contributed by atoms with Crippen LogP contribution < -0.4 is 0 Å². The number of hydrogen-bond donors (Lipinski definition) is 1. The summed E-state index contributed by atoms with van der Waals surface area (Å²) in [5.41, 5.74) is -0.310. The molecule has 1 aromatic carbocycles. The highest BCUT2D eigenvalue weighted by atomic mass is 32.1. The van der Waals surface area contributed by atoms with E-state index < -0.39 is 5.60 Å². The number of rotatable bonds is 3. The van der Waals surface area contributed by atoms with Gasteiger partial charge in [0.1, 0.15) is 5.82 Å². The zero-order valence-electron chi connectivity index (χ0n) is 8.85. The van der Waals surface area contributed by atoms with Gasteiger partial charge in [-0.3, -0.25) is 0 Å². The topological polar surface area (TPSA) is 33.1 Å². The Labute approximate surface area is 97.4 Å². The molecule has 0 fully saturated rings. The number of hydrogen-bond acceptors (Lipinski definition) is 3. The summed E-state index contributed by atoms with van der Waals surface area (Å²) in [5.74, 6) is -0.297. The molecule has 0 radical (unpaired) electrons. The van der Waals surface area contributed by atoms with Crippen LogP contribution >= 0.6 is 11.3 Å². The third kappa shape index (κ3) is 2.46. The first-order valence-corrected chi connectivity index (χ1v) is 5.83. The number of thiazole rings is 1. The molecular formula is C12H12FNOS. The summed E-state index contributed by atoms with van der Waals surface area (Å²) >= 11 is 1.50. The normalized spacial score (nSPS) is 14.7. The van der Waals surface area contributed by atoms with Crippen molar-refractivity contribution in [3.63, 3.8) is 0 Å². The first kappa shape index (κ1) is 11.2. The van der Waals surface area contributed by atoms with Crippen LogP contribution in [0.3, 0.4) is 0 Å². The van der Waals surface area contributed by atoms with Crippen molar-refractivity contribution in [3.05, 3.63) is 52.2 Å². The maximum absolute atomic E-state index is 12.8. The van der Waals surface area contributed by atoms with Gasteiger partial charge in [0.05, 0.1) is 10.6 Å². The summed E-state index contributed by atoms with van der Waals surface area (Å²) in [6, 6.07) is 5.91. The highest BCUT2D eigenvalue weighted by molar-refractivity contribution is 7.09. The van der Waals surface area contributed by atoms with E-state index in [4.69, 9.17) is 0 Å². The van der Waals surface area contributed by atoms with Crippen molar-refractivity contribution < 1.29 is 9.50 Å². The van der Waals surface area contributed by atoms with Gasteiger partial charge in [-0.2, -0.15) is 0 Å². The van der Waals surface area contributed by atoms with Crippen molar-refractivity contribution in [2.45, 2.75) is 18.9 Å². The summed E-state index contributed by atoms with van der Waals surface area (Å²) in [5, 5.41) is 13.0. The van der Waals surface area contributed by atoms with E-state index in [1.807, 2.05) is 5.38 Å². The predicted octanol–water partition coefficient (Wildman–Crippen LogP) is 2.73. The van der Waals surface area contributed by atoms with Gasteiger partial charge in [0.15, 0.2) is 0 Å². The summed E-state index contributed by atoms with van der Waals surface area (Å²) in [4.78, 5) is 4.13. The van der Waals surface area contributed by atoms with Crippen LogP contribution in [0.4, 0.5) is 4.39 Å². The van der Waals surface area contributed by atoms with Crippen molar-refractivity contribution in [1.29, 1.82) is 0 Å². The van der Waals surface area contributed by atoms with E-state index in [1.165, 1.54) is 23.5 Å². The molecular weight excluding hydrogens is 225 g/mol. The Bertz CT molecular complexity index is 450. The minimum atomic E-state index is -1.01. The predicted molar refractivity (Wildman–Crippen MR) is 61.8 cm³/mol. The summed E-state index contributed by atoms with van der Waals surface area (Å²) < 4.78 is 12.8. The van der Waals surface area contributed by atoms with E-state index >= 15 is 0 Å². The van der Waals surface area contributed by atoms with Crippen LogP contribution in [0.1, 0.15) is 17.5 Å². The van der Waals surface area contributed by atoms with Gasteiger partial charge < -0.3 is 5.11 Å². The van der Waals surface area contributed by atoms with Gasteiger partial charge in [0, 0.05) is 18.0 Å². The fourth-order valence-electron chi connectivity index (χ4n) is 1.55. The Morgan fingerprint density at radius 1 is 1.38 bits per heavy atom. The molecule has 0 saturated carbocycles. The Morgan fingerprint density at radius 3 is 2.62 bits per heavy atom. The molecule has 0 spiro atoms. The molecule has 4 heteroatoms. The zero-order chi connectivity index (χ0) is 11.6. The van der Waals surface area contributed by atoms with Crippen LogP contribution in [0.15, 0.2) is 35.8 Å². The second-order valence-electron chi connectivity index (χ2n) is 3.88. The summed E-state index contributed by atoms with van der Waals surface area (Å²) in [7, 11) is 0. The van der Waals surface area contributed by atoms with E-state index in [2.05, 4.69) is 4.98 Å².